The van der Waals surface area contributed by atoms with Gasteiger partial charge in [-0.2, -0.15) is 5.10 Å². The monoisotopic (exact) mass is 302 g/mol. The Labute approximate surface area is 125 Å². The van der Waals surface area contributed by atoms with Gasteiger partial charge < -0.3 is 5.32 Å². The fourth-order valence-corrected chi connectivity index (χ4v) is 2.69. The maximum absolute atomic E-state index is 12.2. The molecule has 0 spiro atoms. The minimum absolute atomic E-state index is 0.120. The lowest BCUT2D eigenvalue weighted by molar-refractivity contribution is 0.0953. The average molecular weight is 302 g/mol. The van der Waals surface area contributed by atoms with E-state index in [1.165, 1.54) is 0 Å². The lowest BCUT2D eigenvalue weighted by atomic mass is 10.2. The van der Waals surface area contributed by atoms with Gasteiger partial charge in [-0.25, -0.2) is 0 Å². The summed E-state index contributed by atoms with van der Waals surface area (Å²) in [7, 11) is 0. The molecule has 0 saturated heterocycles. The van der Waals surface area contributed by atoms with Gasteiger partial charge in [-0.05, 0) is 17.9 Å². The van der Waals surface area contributed by atoms with E-state index in [-0.39, 0.29) is 5.91 Å². The number of carbonyl (C=O) groups excluding carboxylic acids is 1. The zero-order chi connectivity index (χ0) is 14.5. The highest BCUT2D eigenvalue weighted by Gasteiger charge is 2.15. The molecule has 0 bridgehead atoms. The van der Waals surface area contributed by atoms with Gasteiger partial charge in [0.05, 0.1) is 28.5 Å². The highest BCUT2D eigenvalue weighted by Crippen LogP contribution is 2.25. The third-order valence-electron chi connectivity index (χ3n) is 2.97. The topological polar surface area (TPSA) is 88.5 Å². The second-order valence-electron chi connectivity index (χ2n) is 4.41. The number of aryl methyl sites for hydroxylation is 1. The number of thiophene rings is 1. The maximum Gasteiger partial charge on any atom is 0.255 e. The number of H-pyrrole nitrogens is 1. The van der Waals surface area contributed by atoms with Crippen molar-refractivity contribution in [2.45, 2.75) is 13.0 Å². The zero-order valence-corrected chi connectivity index (χ0v) is 12.0. The Morgan fingerprint density at radius 3 is 3.19 bits per heavy atom. The van der Waals surface area contributed by atoms with Crippen LogP contribution in [0.4, 0.5) is 0 Å². The molecule has 0 aliphatic carbocycles. The van der Waals surface area contributed by atoms with E-state index in [1.54, 1.807) is 34.6 Å². The molecule has 0 atom stereocenters. The number of nitrogens with zero attached hydrogens (tertiary/aromatic N) is 4. The van der Waals surface area contributed by atoms with E-state index in [0.717, 1.165) is 23.5 Å². The molecule has 7 nitrogen and oxygen atoms in total. The molecule has 21 heavy (non-hydrogen) atoms. The van der Waals surface area contributed by atoms with Crippen LogP contribution in [0.1, 0.15) is 16.8 Å². The van der Waals surface area contributed by atoms with Gasteiger partial charge >= 0.3 is 0 Å². The van der Waals surface area contributed by atoms with Gasteiger partial charge in [-0.1, -0.05) is 11.3 Å². The van der Waals surface area contributed by atoms with Crippen molar-refractivity contribution in [2.75, 3.05) is 6.54 Å². The van der Waals surface area contributed by atoms with Gasteiger partial charge in [0.15, 0.2) is 0 Å². The molecule has 0 saturated carbocycles. The fraction of sp³-hybridized carbons (Fsp3) is 0.231. The van der Waals surface area contributed by atoms with E-state index in [9.17, 15) is 4.79 Å². The zero-order valence-electron chi connectivity index (χ0n) is 11.2. The second kappa shape index (κ2) is 6.31. The Kier molecular flexibility index (Phi) is 4.06. The summed E-state index contributed by atoms with van der Waals surface area (Å²) in [5, 5.41) is 19.3. The summed E-state index contributed by atoms with van der Waals surface area (Å²) in [4.78, 5) is 13.2. The van der Waals surface area contributed by atoms with Crippen molar-refractivity contribution in [1.29, 1.82) is 0 Å². The summed E-state index contributed by atoms with van der Waals surface area (Å²) in [5.74, 6) is -0.120. The van der Waals surface area contributed by atoms with Crippen LogP contribution in [0.15, 0.2) is 36.1 Å². The maximum atomic E-state index is 12.2. The molecule has 0 unspecified atom stereocenters. The van der Waals surface area contributed by atoms with E-state index in [2.05, 4.69) is 25.8 Å². The third-order valence-corrected chi connectivity index (χ3v) is 3.86. The normalized spacial score (nSPS) is 10.7. The van der Waals surface area contributed by atoms with Crippen molar-refractivity contribution in [1.82, 2.24) is 30.5 Å². The van der Waals surface area contributed by atoms with Gasteiger partial charge in [0.25, 0.3) is 5.91 Å². The molecule has 3 aromatic rings. The minimum atomic E-state index is -0.120. The predicted octanol–water partition coefficient (Wildman–Crippen LogP) is 1.55. The molecule has 3 rings (SSSR count). The molecule has 0 aliphatic rings. The van der Waals surface area contributed by atoms with E-state index < -0.39 is 0 Å². The standard InChI is InChI=1S/C13H14N6OS/c20-13(14-4-2-6-19-7-5-15-18-19)10-9-16-17-12(10)11-3-1-8-21-11/h1,3,5,7-9H,2,4,6H2,(H,14,20)(H,16,17). The molecule has 3 aromatic heterocycles. The van der Waals surface area contributed by atoms with Crippen LogP contribution < -0.4 is 5.32 Å². The van der Waals surface area contributed by atoms with Crippen LogP contribution in [0.25, 0.3) is 10.6 Å². The number of hydrogen-bond donors (Lipinski definition) is 2. The SMILES string of the molecule is O=C(NCCCn1ccnn1)c1cn[nH]c1-c1cccs1. The third kappa shape index (κ3) is 3.16. The smallest absolute Gasteiger partial charge is 0.255 e. The number of aromatic amines is 1. The van der Waals surface area contributed by atoms with Crippen LogP contribution in [0.5, 0.6) is 0 Å². The Hall–Kier alpha value is -2.48. The minimum Gasteiger partial charge on any atom is -0.352 e. The van der Waals surface area contributed by atoms with Gasteiger partial charge in [-0.3, -0.25) is 14.6 Å². The van der Waals surface area contributed by atoms with Crippen LogP contribution in [0, 0.1) is 0 Å². The first-order valence-corrected chi connectivity index (χ1v) is 7.42. The van der Waals surface area contributed by atoms with Crippen LogP contribution in [-0.4, -0.2) is 37.6 Å². The number of aromatic nitrogens is 5. The number of nitrogens with one attached hydrogen (secondary N) is 2. The van der Waals surface area contributed by atoms with Crippen molar-refractivity contribution in [3.05, 3.63) is 41.7 Å². The first kappa shape index (κ1) is 13.5. The summed E-state index contributed by atoms with van der Waals surface area (Å²) in [6, 6.07) is 3.90. The Morgan fingerprint density at radius 1 is 1.48 bits per heavy atom. The molecule has 2 N–H and O–H groups in total. The van der Waals surface area contributed by atoms with E-state index in [1.807, 2.05) is 17.5 Å². The molecule has 108 valence electrons. The molecule has 1 amide bonds. The number of carbonyl (C=O) groups is 1. The highest BCUT2D eigenvalue weighted by atomic mass is 32.1. The molecule has 0 fully saturated rings. The van der Waals surface area contributed by atoms with Gasteiger partial charge in [0.2, 0.25) is 0 Å². The van der Waals surface area contributed by atoms with Crippen LogP contribution in [-0.2, 0) is 6.54 Å². The summed E-state index contributed by atoms with van der Waals surface area (Å²) in [6.45, 7) is 1.30. The van der Waals surface area contributed by atoms with Crippen LogP contribution in [0.2, 0.25) is 0 Å². The average Bonchev–Trinajstić information content (AvgIpc) is 3.24. The lowest BCUT2D eigenvalue weighted by Crippen LogP contribution is -2.25. The van der Waals surface area contributed by atoms with Gasteiger partial charge in [0, 0.05) is 19.3 Å². The first-order valence-electron chi connectivity index (χ1n) is 6.54. The summed E-state index contributed by atoms with van der Waals surface area (Å²) in [5.41, 5.74) is 1.33. The van der Waals surface area contributed by atoms with Crippen LogP contribution in [0.3, 0.4) is 0 Å². The summed E-state index contributed by atoms with van der Waals surface area (Å²) < 4.78 is 1.74. The quantitative estimate of drug-likeness (QED) is 0.676. The van der Waals surface area contributed by atoms with Crippen molar-refractivity contribution in [2.24, 2.45) is 0 Å². The molecule has 8 heteroatoms. The Bertz CT molecular complexity index is 688. The molecular weight excluding hydrogens is 288 g/mol. The number of hydrogen-bond acceptors (Lipinski definition) is 5. The van der Waals surface area contributed by atoms with Gasteiger partial charge in [0.1, 0.15) is 0 Å². The molecule has 0 radical (unpaired) electrons. The van der Waals surface area contributed by atoms with E-state index >= 15 is 0 Å². The number of rotatable bonds is 6. The summed E-state index contributed by atoms with van der Waals surface area (Å²) >= 11 is 1.57. The van der Waals surface area contributed by atoms with Crippen molar-refractivity contribution >= 4 is 17.2 Å². The van der Waals surface area contributed by atoms with Gasteiger partial charge in [-0.15, -0.1) is 16.4 Å². The van der Waals surface area contributed by atoms with Crippen molar-refractivity contribution in [3.63, 3.8) is 0 Å². The number of amides is 1. The Balaban J connectivity index is 1.55. The fourth-order valence-electron chi connectivity index (χ4n) is 1.96. The van der Waals surface area contributed by atoms with Crippen molar-refractivity contribution < 1.29 is 4.79 Å². The summed E-state index contributed by atoms with van der Waals surface area (Å²) in [6.07, 6.45) is 5.78. The highest BCUT2D eigenvalue weighted by molar-refractivity contribution is 7.13. The molecular formula is C13H14N6OS. The largest absolute Gasteiger partial charge is 0.352 e. The van der Waals surface area contributed by atoms with Crippen LogP contribution >= 0.6 is 11.3 Å². The Morgan fingerprint density at radius 2 is 2.43 bits per heavy atom. The van der Waals surface area contributed by atoms with E-state index in [4.69, 9.17) is 0 Å². The predicted molar refractivity (Wildman–Crippen MR) is 78.9 cm³/mol. The van der Waals surface area contributed by atoms with Crippen molar-refractivity contribution in [3.8, 4) is 10.6 Å². The molecule has 0 aliphatic heterocycles. The second-order valence-corrected chi connectivity index (χ2v) is 5.36. The molecule has 0 aromatic carbocycles. The van der Waals surface area contributed by atoms with E-state index in [0.29, 0.717) is 12.1 Å². The lowest BCUT2D eigenvalue weighted by Gasteiger charge is -2.05. The molecule has 3 heterocycles. The first-order chi connectivity index (χ1) is 10.3.